The van der Waals surface area contributed by atoms with Crippen molar-refractivity contribution in [3.63, 3.8) is 0 Å². The second kappa shape index (κ2) is 6.89. The third kappa shape index (κ3) is 3.04. The van der Waals surface area contributed by atoms with Crippen molar-refractivity contribution in [2.75, 3.05) is 6.26 Å². The molecule has 2 aromatic carbocycles. The average molecular weight is 448 g/mol. The van der Waals surface area contributed by atoms with Gasteiger partial charge in [-0.1, -0.05) is 18.2 Å². The van der Waals surface area contributed by atoms with Gasteiger partial charge >= 0.3 is 5.69 Å². The van der Waals surface area contributed by atoms with Crippen LogP contribution in [0.4, 0.5) is 0 Å². The van der Waals surface area contributed by atoms with Gasteiger partial charge in [0.15, 0.2) is 9.84 Å². The number of fused-ring (bicyclic) bond motifs is 3. The molecule has 8 nitrogen and oxygen atoms in total. The molecule has 5 rings (SSSR count). The monoisotopic (exact) mass is 447 g/mol. The van der Waals surface area contributed by atoms with E-state index in [1.165, 1.54) is 6.26 Å². The standard InChI is InChI=1S/C23H21N5O3S/c1-14-21(13-26(2)25-14)28-22-18-11-16(15-6-5-7-17(10-15)32(4,30)31)8-9-19(18)24-12-20(22)27(3)23(28)29/h5-13H,1-4H3. The summed E-state index contributed by atoms with van der Waals surface area (Å²) in [6, 6.07) is 12.6. The van der Waals surface area contributed by atoms with Crippen molar-refractivity contribution in [3.05, 3.63) is 71.0 Å². The summed E-state index contributed by atoms with van der Waals surface area (Å²) in [7, 11) is 0.212. The zero-order valence-corrected chi connectivity index (χ0v) is 18.9. The summed E-state index contributed by atoms with van der Waals surface area (Å²) in [6.07, 6.45) is 4.71. The Bertz CT molecular complexity index is 1710. The van der Waals surface area contributed by atoms with Gasteiger partial charge in [-0.2, -0.15) is 5.10 Å². The molecule has 3 heterocycles. The van der Waals surface area contributed by atoms with Gasteiger partial charge in [-0.15, -0.1) is 0 Å². The fraction of sp³-hybridized carbons (Fsp3) is 0.174. The smallest absolute Gasteiger partial charge is 0.293 e. The first-order valence-corrected chi connectivity index (χ1v) is 11.9. The molecule has 0 fully saturated rings. The summed E-state index contributed by atoms with van der Waals surface area (Å²) in [5.74, 6) is 0. The van der Waals surface area contributed by atoms with Crippen molar-refractivity contribution < 1.29 is 8.42 Å². The second-order valence-electron chi connectivity index (χ2n) is 7.97. The van der Waals surface area contributed by atoms with Crippen molar-refractivity contribution in [1.82, 2.24) is 23.9 Å². The van der Waals surface area contributed by atoms with E-state index < -0.39 is 9.84 Å². The zero-order valence-electron chi connectivity index (χ0n) is 18.1. The van der Waals surface area contributed by atoms with Crippen molar-refractivity contribution >= 4 is 31.8 Å². The van der Waals surface area contributed by atoms with E-state index >= 15 is 0 Å². The molecule has 162 valence electrons. The van der Waals surface area contributed by atoms with E-state index in [0.29, 0.717) is 11.2 Å². The molecule has 0 unspecified atom stereocenters. The van der Waals surface area contributed by atoms with Gasteiger partial charge in [0, 0.05) is 31.9 Å². The van der Waals surface area contributed by atoms with E-state index in [1.807, 2.05) is 44.4 Å². The molecular weight excluding hydrogens is 426 g/mol. The van der Waals surface area contributed by atoms with E-state index in [4.69, 9.17) is 0 Å². The van der Waals surface area contributed by atoms with Crippen LogP contribution in [0.2, 0.25) is 0 Å². The molecular formula is C23H21N5O3S. The summed E-state index contributed by atoms with van der Waals surface area (Å²) in [4.78, 5) is 18.0. The molecule has 9 heteroatoms. The fourth-order valence-corrected chi connectivity index (χ4v) is 4.78. The Morgan fingerprint density at radius 2 is 1.75 bits per heavy atom. The van der Waals surface area contributed by atoms with Crippen LogP contribution in [0.15, 0.2) is 64.5 Å². The highest BCUT2D eigenvalue weighted by Crippen LogP contribution is 2.31. The number of rotatable bonds is 3. The van der Waals surface area contributed by atoms with Crippen LogP contribution in [0.3, 0.4) is 0 Å². The number of benzene rings is 2. The topological polar surface area (TPSA) is 91.8 Å². The Kier molecular flexibility index (Phi) is 4.35. The molecule has 0 atom stereocenters. The Labute approximate surface area is 184 Å². The number of hydrogen-bond acceptors (Lipinski definition) is 5. The molecule has 0 bridgehead atoms. The average Bonchev–Trinajstić information content (AvgIpc) is 3.22. The van der Waals surface area contributed by atoms with Gasteiger partial charge in [-0.3, -0.25) is 18.8 Å². The number of hydrogen-bond donors (Lipinski definition) is 0. The van der Waals surface area contributed by atoms with Crippen LogP contribution in [0, 0.1) is 6.92 Å². The lowest BCUT2D eigenvalue weighted by Gasteiger charge is -2.08. The first-order valence-electron chi connectivity index (χ1n) is 9.96. The van der Waals surface area contributed by atoms with Crippen LogP contribution < -0.4 is 5.69 Å². The Morgan fingerprint density at radius 1 is 1.00 bits per heavy atom. The summed E-state index contributed by atoms with van der Waals surface area (Å²) in [5, 5.41) is 5.19. The predicted octanol–water partition coefficient (Wildman–Crippen LogP) is 2.99. The van der Waals surface area contributed by atoms with Gasteiger partial charge in [-0.25, -0.2) is 13.2 Å². The molecule has 0 saturated carbocycles. The SMILES string of the molecule is Cc1nn(C)cc1-n1c(=O)n(C)c2cnc3ccc(-c4cccc(S(C)(=O)=O)c4)cc3c21. The highest BCUT2D eigenvalue weighted by molar-refractivity contribution is 7.90. The van der Waals surface area contributed by atoms with Gasteiger partial charge in [-0.05, 0) is 42.3 Å². The van der Waals surface area contributed by atoms with Crippen molar-refractivity contribution in [3.8, 4) is 16.8 Å². The minimum absolute atomic E-state index is 0.185. The largest absolute Gasteiger partial charge is 0.333 e. The van der Waals surface area contributed by atoms with Gasteiger partial charge in [0.05, 0.1) is 39.0 Å². The lowest BCUT2D eigenvalue weighted by molar-refractivity contribution is 0.602. The third-order valence-corrected chi connectivity index (χ3v) is 6.82. The van der Waals surface area contributed by atoms with Gasteiger partial charge in [0.2, 0.25) is 0 Å². The maximum atomic E-state index is 13.2. The first kappa shape index (κ1) is 20.2. The lowest BCUT2D eigenvalue weighted by atomic mass is 10.0. The van der Waals surface area contributed by atoms with Crippen LogP contribution in [0.25, 0.3) is 38.8 Å². The lowest BCUT2D eigenvalue weighted by Crippen LogP contribution is -2.21. The summed E-state index contributed by atoms with van der Waals surface area (Å²) < 4.78 is 29.0. The van der Waals surface area contributed by atoms with Crippen LogP contribution in [-0.2, 0) is 23.9 Å². The number of imidazole rings is 1. The van der Waals surface area contributed by atoms with Crippen LogP contribution >= 0.6 is 0 Å². The summed E-state index contributed by atoms with van der Waals surface area (Å²) >= 11 is 0. The molecule has 0 radical (unpaired) electrons. The predicted molar refractivity (Wildman–Crippen MR) is 124 cm³/mol. The van der Waals surface area contributed by atoms with Crippen LogP contribution in [-0.4, -0.2) is 38.6 Å². The molecule has 0 aliphatic carbocycles. The number of pyridine rings is 1. The first-order chi connectivity index (χ1) is 15.1. The Hall–Kier alpha value is -3.72. The van der Waals surface area contributed by atoms with Gasteiger partial charge in [0.25, 0.3) is 0 Å². The van der Waals surface area contributed by atoms with E-state index in [1.54, 1.807) is 45.3 Å². The van der Waals surface area contributed by atoms with Crippen molar-refractivity contribution in [2.45, 2.75) is 11.8 Å². The van der Waals surface area contributed by atoms with Gasteiger partial charge < -0.3 is 0 Å². The Balaban J connectivity index is 1.85. The molecule has 0 amide bonds. The molecule has 5 aromatic rings. The molecule has 3 aromatic heterocycles. The minimum atomic E-state index is -3.33. The fourth-order valence-electron chi connectivity index (χ4n) is 4.11. The van der Waals surface area contributed by atoms with E-state index in [0.717, 1.165) is 33.2 Å². The Morgan fingerprint density at radius 3 is 2.44 bits per heavy atom. The zero-order chi connectivity index (χ0) is 22.8. The molecule has 0 spiro atoms. The van der Waals surface area contributed by atoms with E-state index in [9.17, 15) is 13.2 Å². The summed E-state index contributed by atoms with van der Waals surface area (Å²) in [5.41, 5.74) is 5.05. The van der Waals surface area contributed by atoms with Crippen LogP contribution in [0.5, 0.6) is 0 Å². The number of aromatic nitrogens is 5. The maximum Gasteiger partial charge on any atom is 0.333 e. The minimum Gasteiger partial charge on any atom is -0.293 e. The van der Waals surface area contributed by atoms with Crippen LogP contribution in [0.1, 0.15) is 5.69 Å². The number of nitrogens with zero attached hydrogens (tertiary/aromatic N) is 5. The number of aryl methyl sites for hydroxylation is 3. The molecule has 0 N–H and O–H groups in total. The third-order valence-electron chi connectivity index (χ3n) is 5.71. The molecule has 32 heavy (non-hydrogen) atoms. The second-order valence-corrected chi connectivity index (χ2v) is 9.99. The highest BCUT2D eigenvalue weighted by atomic mass is 32.2. The molecule has 0 aliphatic rings. The van der Waals surface area contributed by atoms with E-state index in [2.05, 4.69) is 10.1 Å². The summed E-state index contributed by atoms with van der Waals surface area (Å²) in [6.45, 7) is 1.87. The quantitative estimate of drug-likeness (QED) is 0.424. The normalized spacial score (nSPS) is 12.1. The molecule has 0 saturated heterocycles. The van der Waals surface area contributed by atoms with Gasteiger partial charge in [0.1, 0.15) is 0 Å². The van der Waals surface area contributed by atoms with Crippen molar-refractivity contribution in [1.29, 1.82) is 0 Å². The number of sulfone groups is 1. The highest BCUT2D eigenvalue weighted by Gasteiger charge is 2.19. The van der Waals surface area contributed by atoms with Crippen molar-refractivity contribution in [2.24, 2.45) is 14.1 Å². The maximum absolute atomic E-state index is 13.2. The van der Waals surface area contributed by atoms with E-state index in [-0.39, 0.29) is 10.6 Å². The molecule has 0 aliphatic heterocycles.